The second-order valence-electron chi connectivity index (χ2n) is 4.89. The van der Waals surface area contributed by atoms with Crippen molar-refractivity contribution in [1.82, 2.24) is 9.80 Å². The van der Waals surface area contributed by atoms with Gasteiger partial charge in [0.1, 0.15) is 6.10 Å². The first-order valence-corrected chi connectivity index (χ1v) is 7.37. The number of hydrogen-bond donors (Lipinski definition) is 1. The van der Waals surface area contributed by atoms with Crippen molar-refractivity contribution < 1.29 is 14.7 Å². The summed E-state index contributed by atoms with van der Waals surface area (Å²) in [5.41, 5.74) is 0.361. The molecule has 0 saturated carbocycles. The van der Waals surface area contributed by atoms with Crippen LogP contribution in [-0.2, 0) is 4.79 Å². The standard InChI is InChI=1S/C14H16Cl2N2O3/c1-9(19)13(20)17-5-7-18(8-6-17)14(21)10-3-2-4-11(15)12(10)16/h2-4,9,19H,5-8H2,1H3. The minimum Gasteiger partial charge on any atom is -0.384 e. The molecule has 0 radical (unpaired) electrons. The van der Waals surface area contributed by atoms with Crippen LogP contribution in [0.4, 0.5) is 0 Å². The number of rotatable bonds is 2. The Morgan fingerprint density at radius 1 is 1.14 bits per heavy atom. The molecule has 1 unspecified atom stereocenters. The highest BCUT2D eigenvalue weighted by atomic mass is 35.5. The van der Waals surface area contributed by atoms with E-state index in [-0.39, 0.29) is 16.8 Å². The summed E-state index contributed by atoms with van der Waals surface area (Å²) in [6, 6.07) is 4.93. The van der Waals surface area contributed by atoms with Gasteiger partial charge in [-0.05, 0) is 19.1 Å². The normalized spacial score (nSPS) is 16.8. The lowest BCUT2D eigenvalue weighted by Crippen LogP contribution is -2.52. The van der Waals surface area contributed by atoms with Gasteiger partial charge in [-0.15, -0.1) is 0 Å². The van der Waals surface area contributed by atoms with Gasteiger partial charge in [0, 0.05) is 26.2 Å². The first-order valence-electron chi connectivity index (χ1n) is 6.62. The SMILES string of the molecule is CC(O)C(=O)N1CCN(C(=O)c2cccc(Cl)c2Cl)CC1. The fourth-order valence-corrected chi connectivity index (χ4v) is 2.61. The zero-order chi connectivity index (χ0) is 15.6. The molecule has 0 bridgehead atoms. The number of aliphatic hydroxyl groups is 1. The van der Waals surface area contributed by atoms with E-state index in [0.29, 0.717) is 36.8 Å². The minimum atomic E-state index is -1.02. The number of halogens is 2. The molecule has 0 aromatic heterocycles. The van der Waals surface area contributed by atoms with Gasteiger partial charge in [0.25, 0.3) is 11.8 Å². The van der Waals surface area contributed by atoms with Crippen molar-refractivity contribution in [3.05, 3.63) is 33.8 Å². The number of aliphatic hydroxyl groups excluding tert-OH is 1. The zero-order valence-electron chi connectivity index (χ0n) is 11.6. The average Bonchev–Trinajstić information content (AvgIpc) is 2.48. The van der Waals surface area contributed by atoms with Crippen LogP contribution in [0, 0.1) is 0 Å². The van der Waals surface area contributed by atoms with E-state index in [1.165, 1.54) is 6.92 Å². The second-order valence-corrected chi connectivity index (χ2v) is 5.68. The summed E-state index contributed by atoms with van der Waals surface area (Å²) in [5, 5.41) is 9.87. The van der Waals surface area contributed by atoms with Gasteiger partial charge < -0.3 is 14.9 Å². The first kappa shape index (κ1) is 16.1. The van der Waals surface area contributed by atoms with Crippen molar-refractivity contribution in [3.8, 4) is 0 Å². The van der Waals surface area contributed by atoms with Crippen molar-refractivity contribution in [2.75, 3.05) is 26.2 Å². The van der Waals surface area contributed by atoms with Crippen LogP contribution in [0.1, 0.15) is 17.3 Å². The van der Waals surface area contributed by atoms with Crippen LogP contribution in [0.5, 0.6) is 0 Å². The fraction of sp³-hybridized carbons (Fsp3) is 0.429. The molecule has 1 aliphatic heterocycles. The largest absolute Gasteiger partial charge is 0.384 e. The van der Waals surface area contributed by atoms with Gasteiger partial charge >= 0.3 is 0 Å². The van der Waals surface area contributed by atoms with E-state index in [0.717, 1.165) is 0 Å². The van der Waals surface area contributed by atoms with E-state index in [2.05, 4.69) is 0 Å². The molecule has 2 amide bonds. The Kier molecular flexibility index (Phi) is 5.08. The maximum absolute atomic E-state index is 12.4. The molecule has 2 rings (SSSR count). The van der Waals surface area contributed by atoms with Crippen LogP contribution in [-0.4, -0.2) is 59.0 Å². The number of carbonyl (C=O) groups excluding carboxylic acids is 2. The predicted molar refractivity (Wildman–Crippen MR) is 80.6 cm³/mol. The minimum absolute atomic E-state index is 0.202. The van der Waals surface area contributed by atoms with E-state index in [4.69, 9.17) is 23.2 Å². The lowest BCUT2D eigenvalue weighted by Gasteiger charge is -2.35. The van der Waals surface area contributed by atoms with Gasteiger partial charge in [-0.25, -0.2) is 0 Å². The molecule has 7 heteroatoms. The number of benzene rings is 1. The Labute approximate surface area is 133 Å². The summed E-state index contributed by atoms with van der Waals surface area (Å²) in [7, 11) is 0. The molecule has 1 atom stereocenters. The maximum Gasteiger partial charge on any atom is 0.255 e. The first-order chi connectivity index (χ1) is 9.91. The smallest absolute Gasteiger partial charge is 0.255 e. The molecule has 1 fully saturated rings. The Bertz CT molecular complexity index is 555. The Balaban J connectivity index is 2.04. The lowest BCUT2D eigenvalue weighted by atomic mass is 10.1. The van der Waals surface area contributed by atoms with E-state index in [1.807, 2.05) is 0 Å². The third-order valence-corrected chi connectivity index (χ3v) is 4.24. The molecule has 21 heavy (non-hydrogen) atoms. The second kappa shape index (κ2) is 6.64. The quantitative estimate of drug-likeness (QED) is 0.897. The summed E-state index contributed by atoms with van der Waals surface area (Å²) < 4.78 is 0. The highest BCUT2D eigenvalue weighted by molar-refractivity contribution is 6.43. The van der Waals surface area contributed by atoms with E-state index >= 15 is 0 Å². The molecule has 0 spiro atoms. The van der Waals surface area contributed by atoms with Crippen molar-refractivity contribution in [2.45, 2.75) is 13.0 Å². The van der Waals surface area contributed by atoms with Crippen molar-refractivity contribution in [2.24, 2.45) is 0 Å². The van der Waals surface area contributed by atoms with Crippen LogP contribution in [0.2, 0.25) is 10.0 Å². The third kappa shape index (κ3) is 3.48. The molecular formula is C14H16Cl2N2O3. The number of nitrogens with zero attached hydrogens (tertiary/aromatic N) is 2. The van der Waals surface area contributed by atoms with Crippen LogP contribution < -0.4 is 0 Å². The molecule has 5 nitrogen and oxygen atoms in total. The topological polar surface area (TPSA) is 60.9 Å². The van der Waals surface area contributed by atoms with Gasteiger partial charge in [-0.3, -0.25) is 9.59 Å². The number of hydrogen-bond acceptors (Lipinski definition) is 3. The van der Waals surface area contributed by atoms with Crippen molar-refractivity contribution in [3.63, 3.8) is 0 Å². The van der Waals surface area contributed by atoms with Gasteiger partial charge in [0.2, 0.25) is 0 Å². The van der Waals surface area contributed by atoms with Crippen molar-refractivity contribution in [1.29, 1.82) is 0 Å². The lowest BCUT2D eigenvalue weighted by molar-refractivity contribution is -0.140. The highest BCUT2D eigenvalue weighted by Gasteiger charge is 2.27. The Morgan fingerprint density at radius 3 is 2.29 bits per heavy atom. The Hall–Kier alpha value is -1.30. The van der Waals surface area contributed by atoms with Gasteiger partial charge in [-0.2, -0.15) is 0 Å². The van der Waals surface area contributed by atoms with E-state index in [1.54, 1.807) is 28.0 Å². The van der Waals surface area contributed by atoms with Gasteiger partial charge in [0.05, 0.1) is 15.6 Å². The molecule has 1 aliphatic rings. The summed E-state index contributed by atoms with van der Waals surface area (Å²) in [5.74, 6) is -0.519. The van der Waals surface area contributed by atoms with Crippen molar-refractivity contribution >= 4 is 35.0 Å². The number of piperazine rings is 1. The highest BCUT2D eigenvalue weighted by Crippen LogP contribution is 2.26. The fourth-order valence-electron chi connectivity index (χ4n) is 2.23. The molecule has 1 aromatic rings. The average molecular weight is 331 g/mol. The Morgan fingerprint density at radius 2 is 1.71 bits per heavy atom. The van der Waals surface area contributed by atoms with Crippen LogP contribution >= 0.6 is 23.2 Å². The van der Waals surface area contributed by atoms with Gasteiger partial charge in [0.15, 0.2) is 0 Å². The third-order valence-electron chi connectivity index (χ3n) is 3.42. The maximum atomic E-state index is 12.4. The zero-order valence-corrected chi connectivity index (χ0v) is 13.1. The predicted octanol–water partition coefficient (Wildman–Crippen LogP) is 1.66. The van der Waals surface area contributed by atoms with Gasteiger partial charge in [-0.1, -0.05) is 29.3 Å². The van der Waals surface area contributed by atoms with Crippen LogP contribution in [0.3, 0.4) is 0 Å². The van der Waals surface area contributed by atoms with E-state index in [9.17, 15) is 14.7 Å². The molecule has 114 valence electrons. The molecule has 1 heterocycles. The summed E-state index contributed by atoms with van der Waals surface area (Å²) in [4.78, 5) is 27.3. The molecule has 1 saturated heterocycles. The summed E-state index contributed by atoms with van der Waals surface area (Å²) in [6.45, 7) is 3.03. The molecular weight excluding hydrogens is 315 g/mol. The molecule has 0 aliphatic carbocycles. The number of carbonyl (C=O) groups is 2. The summed E-state index contributed by atoms with van der Waals surface area (Å²) >= 11 is 12.0. The molecule has 1 aromatic carbocycles. The summed E-state index contributed by atoms with van der Waals surface area (Å²) in [6.07, 6.45) is -1.02. The monoisotopic (exact) mass is 330 g/mol. The van der Waals surface area contributed by atoms with E-state index < -0.39 is 6.10 Å². The van der Waals surface area contributed by atoms with Crippen LogP contribution in [0.25, 0.3) is 0 Å². The molecule has 1 N–H and O–H groups in total. The number of amides is 2. The van der Waals surface area contributed by atoms with Crippen LogP contribution in [0.15, 0.2) is 18.2 Å².